The summed E-state index contributed by atoms with van der Waals surface area (Å²) in [5, 5.41) is 24.6. The van der Waals surface area contributed by atoms with E-state index in [1.54, 1.807) is 31.2 Å². The second kappa shape index (κ2) is 9.71. The molecule has 182 valence electrons. The lowest BCUT2D eigenvalue weighted by Crippen LogP contribution is -2.33. The van der Waals surface area contributed by atoms with Crippen molar-refractivity contribution in [3.8, 4) is 23.0 Å². The monoisotopic (exact) mass is 481 g/mol. The van der Waals surface area contributed by atoms with Crippen LogP contribution in [0, 0.1) is 0 Å². The van der Waals surface area contributed by atoms with Crippen molar-refractivity contribution in [1.29, 1.82) is 0 Å². The number of hydrogen-bond donors (Lipinski definition) is 2. The van der Waals surface area contributed by atoms with Gasteiger partial charge in [0.25, 0.3) is 0 Å². The first-order valence-electron chi connectivity index (χ1n) is 10.5. The molecule has 1 aliphatic rings. The zero-order valence-corrected chi connectivity index (χ0v) is 19.4. The summed E-state index contributed by atoms with van der Waals surface area (Å²) < 4.78 is 22.4. The van der Waals surface area contributed by atoms with Gasteiger partial charge in [0.1, 0.15) is 11.7 Å². The summed E-state index contributed by atoms with van der Waals surface area (Å²) in [5.41, 5.74) is 0.625. The van der Waals surface area contributed by atoms with Crippen LogP contribution >= 0.6 is 0 Å². The van der Waals surface area contributed by atoms with Gasteiger partial charge in [0.05, 0.1) is 33.5 Å². The van der Waals surface area contributed by atoms with E-state index in [4.69, 9.17) is 18.9 Å². The molecular formula is C23H23N5O7. The molecule has 2 heterocycles. The molecule has 0 saturated heterocycles. The SMILES string of the molecule is CCOc1cc([C@H]2C(C(=O)c3ccc(OC)c(OC)c3)=C(C(=O)OC)Nc3nnnn32)ccc1O. The number of carbonyl (C=O) groups excluding carboxylic acids is 2. The van der Waals surface area contributed by atoms with E-state index in [1.165, 1.54) is 38.1 Å². The van der Waals surface area contributed by atoms with Crippen LogP contribution in [0.2, 0.25) is 0 Å². The van der Waals surface area contributed by atoms with Gasteiger partial charge < -0.3 is 29.4 Å². The molecule has 35 heavy (non-hydrogen) atoms. The number of ketones is 1. The van der Waals surface area contributed by atoms with Crippen LogP contribution < -0.4 is 19.5 Å². The van der Waals surface area contributed by atoms with Crippen molar-refractivity contribution in [3.05, 3.63) is 58.8 Å². The molecule has 0 radical (unpaired) electrons. The molecule has 0 unspecified atom stereocenters. The van der Waals surface area contributed by atoms with E-state index in [1.807, 2.05) is 0 Å². The van der Waals surface area contributed by atoms with Crippen molar-refractivity contribution in [2.75, 3.05) is 33.3 Å². The van der Waals surface area contributed by atoms with Crippen LogP contribution in [0.5, 0.6) is 23.0 Å². The van der Waals surface area contributed by atoms with Crippen LogP contribution in [0.1, 0.15) is 28.9 Å². The minimum Gasteiger partial charge on any atom is -0.504 e. The normalized spacial score (nSPS) is 14.6. The number of nitrogens with one attached hydrogen (secondary N) is 1. The van der Waals surface area contributed by atoms with E-state index in [9.17, 15) is 14.7 Å². The fourth-order valence-electron chi connectivity index (χ4n) is 3.80. The van der Waals surface area contributed by atoms with Crippen LogP contribution in [0.15, 0.2) is 47.7 Å². The molecule has 0 spiro atoms. The van der Waals surface area contributed by atoms with Gasteiger partial charge in [0, 0.05) is 5.56 Å². The van der Waals surface area contributed by atoms with E-state index in [0.29, 0.717) is 23.7 Å². The quantitative estimate of drug-likeness (QED) is 0.360. The third kappa shape index (κ3) is 4.21. The number of anilines is 1. The molecule has 2 N–H and O–H groups in total. The Morgan fingerprint density at radius 2 is 1.83 bits per heavy atom. The highest BCUT2D eigenvalue weighted by Gasteiger charge is 2.39. The molecule has 0 aliphatic carbocycles. The summed E-state index contributed by atoms with van der Waals surface area (Å²) in [6.07, 6.45) is 0. The number of aromatic hydroxyl groups is 1. The van der Waals surface area contributed by atoms with Crippen molar-refractivity contribution in [2.45, 2.75) is 13.0 Å². The third-order valence-corrected chi connectivity index (χ3v) is 5.40. The molecule has 12 nitrogen and oxygen atoms in total. The number of aromatic nitrogens is 4. The number of rotatable bonds is 8. The first-order valence-corrected chi connectivity index (χ1v) is 10.5. The van der Waals surface area contributed by atoms with Crippen LogP contribution in [-0.2, 0) is 9.53 Å². The zero-order chi connectivity index (χ0) is 25.1. The molecular weight excluding hydrogens is 458 g/mol. The highest BCUT2D eigenvalue weighted by atomic mass is 16.5. The molecule has 4 rings (SSSR count). The molecule has 0 amide bonds. The lowest BCUT2D eigenvalue weighted by atomic mass is 9.89. The number of tetrazole rings is 1. The number of benzene rings is 2. The predicted octanol–water partition coefficient (Wildman–Crippen LogP) is 2.12. The fraction of sp³-hybridized carbons (Fsp3) is 0.261. The number of ether oxygens (including phenoxy) is 4. The van der Waals surface area contributed by atoms with Crippen molar-refractivity contribution >= 4 is 17.7 Å². The first-order chi connectivity index (χ1) is 16.9. The maximum absolute atomic E-state index is 13.9. The van der Waals surface area contributed by atoms with Crippen LogP contribution in [0.3, 0.4) is 0 Å². The number of allylic oxidation sites excluding steroid dienone is 1. The Labute approximate surface area is 200 Å². The fourth-order valence-corrected chi connectivity index (χ4v) is 3.80. The lowest BCUT2D eigenvalue weighted by molar-refractivity contribution is -0.136. The highest BCUT2D eigenvalue weighted by Crippen LogP contribution is 2.40. The van der Waals surface area contributed by atoms with Gasteiger partial charge in [-0.1, -0.05) is 11.2 Å². The van der Waals surface area contributed by atoms with Gasteiger partial charge >= 0.3 is 5.97 Å². The van der Waals surface area contributed by atoms with Gasteiger partial charge in [-0.15, -0.1) is 0 Å². The molecule has 0 saturated carbocycles. The van der Waals surface area contributed by atoms with E-state index >= 15 is 0 Å². The van der Waals surface area contributed by atoms with Gasteiger partial charge in [-0.05, 0) is 53.2 Å². The Morgan fingerprint density at radius 3 is 2.51 bits per heavy atom. The number of phenols is 1. The summed E-state index contributed by atoms with van der Waals surface area (Å²) in [4.78, 5) is 26.7. The number of esters is 1. The van der Waals surface area contributed by atoms with E-state index < -0.39 is 17.8 Å². The largest absolute Gasteiger partial charge is 0.504 e. The van der Waals surface area contributed by atoms with Gasteiger partial charge in [-0.2, -0.15) is 4.68 Å². The second-order valence-corrected chi connectivity index (χ2v) is 7.31. The smallest absolute Gasteiger partial charge is 0.355 e. The first kappa shape index (κ1) is 23.5. The average molecular weight is 481 g/mol. The van der Waals surface area contributed by atoms with Gasteiger partial charge in [-0.3, -0.25) is 4.79 Å². The van der Waals surface area contributed by atoms with Crippen LogP contribution in [0.4, 0.5) is 5.95 Å². The Morgan fingerprint density at radius 1 is 1.06 bits per heavy atom. The Hall–Kier alpha value is -4.61. The summed E-state index contributed by atoms with van der Waals surface area (Å²) in [7, 11) is 4.14. The van der Waals surface area contributed by atoms with Gasteiger partial charge in [0.2, 0.25) is 5.95 Å². The van der Waals surface area contributed by atoms with Crippen molar-refractivity contribution in [1.82, 2.24) is 20.2 Å². The molecule has 1 aromatic heterocycles. The highest BCUT2D eigenvalue weighted by molar-refractivity contribution is 6.15. The molecule has 1 atom stereocenters. The number of hydrogen-bond acceptors (Lipinski definition) is 11. The van der Waals surface area contributed by atoms with Crippen molar-refractivity contribution in [3.63, 3.8) is 0 Å². The van der Waals surface area contributed by atoms with Crippen LogP contribution in [-0.4, -0.2) is 65.0 Å². The molecule has 1 aliphatic heterocycles. The Kier molecular flexibility index (Phi) is 6.53. The number of fused-ring (bicyclic) bond motifs is 1. The number of nitrogens with zero attached hydrogens (tertiary/aromatic N) is 4. The summed E-state index contributed by atoms with van der Waals surface area (Å²) >= 11 is 0. The van der Waals surface area contributed by atoms with E-state index in [0.717, 1.165) is 0 Å². The lowest BCUT2D eigenvalue weighted by Gasteiger charge is -2.28. The number of Topliss-reactive ketones (excluding diaryl/α,β-unsaturated/α-hetero) is 1. The number of methoxy groups -OCH3 is 3. The van der Waals surface area contributed by atoms with Crippen LogP contribution in [0.25, 0.3) is 0 Å². The maximum atomic E-state index is 13.9. The standard InChI is InChI=1S/C23H23N5O7/c1-5-35-16-10-12(6-8-14(16)29)20-18(19(22(31)34-4)24-23-25-26-27-28(20)23)21(30)13-7-9-15(32-2)17(11-13)33-3/h6-11,20,29H,5H2,1-4H3,(H,24,25,27)/t20-/m0/s1. The topological polar surface area (TPSA) is 147 Å². The van der Waals surface area contributed by atoms with Crippen molar-refractivity contribution < 1.29 is 33.6 Å². The number of phenolic OH excluding ortho intramolecular Hbond substituents is 1. The maximum Gasteiger partial charge on any atom is 0.355 e. The molecule has 12 heteroatoms. The molecule has 3 aromatic rings. The Balaban J connectivity index is 1.94. The Bertz CT molecular complexity index is 1320. The zero-order valence-electron chi connectivity index (χ0n) is 19.4. The average Bonchev–Trinajstić information content (AvgIpc) is 3.36. The summed E-state index contributed by atoms with van der Waals surface area (Å²) in [6.45, 7) is 2.08. The number of carbonyl (C=O) groups is 2. The summed E-state index contributed by atoms with van der Waals surface area (Å²) in [5.74, 6) is -0.252. The minimum atomic E-state index is -0.948. The van der Waals surface area contributed by atoms with E-state index in [2.05, 4.69) is 20.8 Å². The van der Waals surface area contributed by atoms with Gasteiger partial charge in [-0.25, -0.2) is 4.79 Å². The summed E-state index contributed by atoms with van der Waals surface area (Å²) in [6, 6.07) is 8.30. The third-order valence-electron chi connectivity index (χ3n) is 5.40. The molecule has 0 fully saturated rings. The predicted molar refractivity (Wildman–Crippen MR) is 122 cm³/mol. The van der Waals surface area contributed by atoms with Gasteiger partial charge in [0.15, 0.2) is 28.8 Å². The molecule has 0 bridgehead atoms. The molecule has 2 aromatic carbocycles. The minimum absolute atomic E-state index is 0.0250. The second-order valence-electron chi connectivity index (χ2n) is 7.31. The van der Waals surface area contributed by atoms with E-state index in [-0.39, 0.29) is 34.3 Å². The van der Waals surface area contributed by atoms with Crippen molar-refractivity contribution in [2.24, 2.45) is 0 Å².